The highest BCUT2D eigenvalue weighted by atomic mass is 16.2. The van der Waals surface area contributed by atoms with Gasteiger partial charge in [-0.3, -0.25) is 14.5 Å². The molecule has 0 aliphatic carbocycles. The third kappa shape index (κ3) is 5.12. The zero-order valence-electron chi connectivity index (χ0n) is 17.0. The number of urea groups is 1. The number of nitrogens with zero attached hydrogens (tertiary/aromatic N) is 3. The van der Waals surface area contributed by atoms with E-state index in [9.17, 15) is 14.4 Å². The lowest BCUT2D eigenvalue weighted by Gasteiger charge is -2.32. The third-order valence-corrected chi connectivity index (χ3v) is 5.93. The first-order valence-electron chi connectivity index (χ1n) is 10.3. The zero-order chi connectivity index (χ0) is 20.1. The Kier molecular flexibility index (Phi) is 6.70. The normalized spacial score (nSPS) is 18.3. The fourth-order valence-electron chi connectivity index (χ4n) is 4.03. The van der Waals surface area contributed by atoms with Crippen LogP contribution >= 0.6 is 0 Å². The van der Waals surface area contributed by atoms with E-state index in [-0.39, 0.29) is 24.4 Å². The summed E-state index contributed by atoms with van der Waals surface area (Å²) >= 11 is 0. The molecule has 1 aromatic rings. The van der Waals surface area contributed by atoms with Crippen LogP contribution < -0.4 is 0 Å². The van der Waals surface area contributed by atoms with Crippen LogP contribution in [-0.2, 0) is 16.0 Å². The lowest BCUT2D eigenvalue weighted by atomic mass is 9.90. The van der Waals surface area contributed by atoms with E-state index < -0.39 is 0 Å². The maximum Gasteiger partial charge on any atom is 0.326 e. The van der Waals surface area contributed by atoms with Crippen molar-refractivity contribution in [3.05, 3.63) is 35.4 Å². The summed E-state index contributed by atoms with van der Waals surface area (Å²) < 4.78 is 0. The molecule has 28 heavy (non-hydrogen) atoms. The molecular formula is C22H31N3O3. The Morgan fingerprint density at radius 1 is 1.11 bits per heavy atom. The number of imide groups is 1. The van der Waals surface area contributed by atoms with Gasteiger partial charge in [-0.05, 0) is 50.5 Å². The molecule has 3 rings (SSSR count). The van der Waals surface area contributed by atoms with E-state index in [2.05, 4.69) is 31.2 Å². The standard InChI is InChI=1S/C22H31N3O3/c1-17-5-7-18(8-6-17)9-10-19-11-14-24(15-12-19)20(26)4-3-13-25-21(27)16-23(2)22(25)28/h5-8,19H,3-4,9-16H2,1-2H3. The molecule has 6 heteroatoms. The monoisotopic (exact) mass is 385 g/mol. The smallest absolute Gasteiger partial charge is 0.326 e. The highest BCUT2D eigenvalue weighted by Crippen LogP contribution is 2.23. The lowest BCUT2D eigenvalue weighted by molar-refractivity contribution is -0.133. The number of aryl methyl sites for hydroxylation is 2. The second kappa shape index (κ2) is 9.22. The summed E-state index contributed by atoms with van der Waals surface area (Å²) in [5.41, 5.74) is 2.68. The number of carbonyl (C=O) groups is 3. The second-order valence-electron chi connectivity index (χ2n) is 8.14. The quantitative estimate of drug-likeness (QED) is 0.678. The summed E-state index contributed by atoms with van der Waals surface area (Å²) in [6.45, 7) is 4.23. The predicted molar refractivity (Wildman–Crippen MR) is 108 cm³/mol. The van der Waals surface area contributed by atoms with Crippen LogP contribution in [0.3, 0.4) is 0 Å². The molecule has 2 fully saturated rings. The van der Waals surface area contributed by atoms with Crippen LogP contribution in [-0.4, -0.2) is 65.8 Å². The van der Waals surface area contributed by atoms with Crippen LogP contribution in [0.15, 0.2) is 24.3 Å². The summed E-state index contributed by atoms with van der Waals surface area (Å²) in [5.74, 6) is 0.652. The van der Waals surface area contributed by atoms with Gasteiger partial charge < -0.3 is 9.80 Å². The summed E-state index contributed by atoms with van der Waals surface area (Å²) in [4.78, 5) is 40.7. The number of hydrogen-bond acceptors (Lipinski definition) is 3. The van der Waals surface area contributed by atoms with Crippen molar-refractivity contribution in [2.75, 3.05) is 33.2 Å². The minimum absolute atomic E-state index is 0.142. The molecule has 2 aliphatic rings. The van der Waals surface area contributed by atoms with Gasteiger partial charge in [0.15, 0.2) is 0 Å². The van der Waals surface area contributed by atoms with E-state index in [1.807, 2.05) is 4.90 Å². The van der Waals surface area contributed by atoms with Crippen LogP contribution in [0.1, 0.15) is 43.2 Å². The number of carbonyl (C=O) groups excluding carboxylic acids is 3. The molecule has 0 radical (unpaired) electrons. The Hall–Kier alpha value is -2.37. The Bertz CT molecular complexity index is 708. The van der Waals surface area contributed by atoms with Crippen molar-refractivity contribution >= 4 is 17.8 Å². The summed E-state index contributed by atoms with van der Waals surface area (Å²) in [6.07, 6.45) is 5.34. The maximum absolute atomic E-state index is 12.4. The van der Waals surface area contributed by atoms with Gasteiger partial charge in [0.2, 0.25) is 11.8 Å². The van der Waals surface area contributed by atoms with E-state index in [0.29, 0.717) is 25.3 Å². The molecule has 0 saturated carbocycles. The molecule has 2 heterocycles. The minimum atomic E-state index is -0.258. The molecule has 0 atom stereocenters. The van der Waals surface area contributed by atoms with Crippen LogP contribution in [0.5, 0.6) is 0 Å². The van der Waals surface area contributed by atoms with Gasteiger partial charge in [-0.1, -0.05) is 29.8 Å². The fraction of sp³-hybridized carbons (Fsp3) is 0.591. The number of piperidine rings is 1. The minimum Gasteiger partial charge on any atom is -0.343 e. The first kappa shape index (κ1) is 20.4. The van der Waals surface area contributed by atoms with Gasteiger partial charge in [0.1, 0.15) is 6.54 Å². The summed E-state index contributed by atoms with van der Waals surface area (Å²) in [6, 6.07) is 8.49. The van der Waals surface area contributed by atoms with Gasteiger partial charge in [0, 0.05) is 33.1 Å². The van der Waals surface area contributed by atoms with Crippen molar-refractivity contribution in [3.63, 3.8) is 0 Å². The fourth-order valence-corrected chi connectivity index (χ4v) is 4.03. The Morgan fingerprint density at radius 2 is 1.79 bits per heavy atom. The number of likely N-dealkylation sites (N-methyl/N-ethyl adjacent to an activating group) is 1. The average Bonchev–Trinajstić information content (AvgIpc) is 2.94. The van der Waals surface area contributed by atoms with Gasteiger partial charge in [-0.15, -0.1) is 0 Å². The lowest BCUT2D eigenvalue weighted by Crippen LogP contribution is -2.39. The van der Waals surface area contributed by atoms with Gasteiger partial charge in [-0.25, -0.2) is 4.79 Å². The molecule has 0 spiro atoms. The Morgan fingerprint density at radius 3 is 2.39 bits per heavy atom. The van der Waals surface area contributed by atoms with Crippen LogP contribution in [0.25, 0.3) is 0 Å². The van der Waals surface area contributed by atoms with Crippen molar-refractivity contribution < 1.29 is 14.4 Å². The van der Waals surface area contributed by atoms with Crippen LogP contribution in [0, 0.1) is 12.8 Å². The Labute approximate surface area is 167 Å². The molecule has 0 unspecified atom stereocenters. The first-order valence-corrected chi connectivity index (χ1v) is 10.3. The molecule has 152 valence electrons. The topological polar surface area (TPSA) is 60.9 Å². The van der Waals surface area contributed by atoms with E-state index in [1.54, 1.807) is 7.05 Å². The second-order valence-corrected chi connectivity index (χ2v) is 8.14. The molecule has 1 aromatic carbocycles. The highest BCUT2D eigenvalue weighted by molar-refractivity contribution is 6.01. The van der Waals surface area contributed by atoms with E-state index >= 15 is 0 Å². The van der Waals surface area contributed by atoms with Crippen molar-refractivity contribution in [1.82, 2.24) is 14.7 Å². The van der Waals surface area contributed by atoms with Crippen molar-refractivity contribution in [3.8, 4) is 0 Å². The molecule has 0 N–H and O–H groups in total. The van der Waals surface area contributed by atoms with Crippen molar-refractivity contribution in [1.29, 1.82) is 0 Å². The molecule has 0 bridgehead atoms. The number of likely N-dealkylation sites (tertiary alicyclic amines) is 1. The van der Waals surface area contributed by atoms with Crippen molar-refractivity contribution in [2.45, 2.75) is 45.4 Å². The van der Waals surface area contributed by atoms with E-state index in [4.69, 9.17) is 0 Å². The molecule has 6 nitrogen and oxygen atoms in total. The average molecular weight is 386 g/mol. The SMILES string of the molecule is Cc1ccc(CCC2CCN(C(=O)CCCN3C(=O)CN(C)C3=O)CC2)cc1. The third-order valence-electron chi connectivity index (χ3n) is 5.93. The number of benzene rings is 1. The number of rotatable bonds is 7. The highest BCUT2D eigenvalue weighted by Gasteiger charge is 2.33. The van der Waals surface area contributed by atoms with Gasteiger partial charge in [-0.2, -0.15) is 0 Å². The molecule has 0 aromatic heterocycles. The van der Waals surface area contributed by atoms with Gasteiger partial charge in [0.25, 0.3) is 0 Å². The Balaban J connectivity index is 1.34. The van der Waals surface area contributed by atoms with Crippen molar-refractivity contribution in [2.24, 2.45) is 5.92 Å². The summed E-state index contributed by atoms with van der Waals surface area (Å²) in [7, 11) is 1.62. The molecule has 4 amide bonds. The number of amides is 4. The predicted octanol–water partition coefficient (Wildman–Crippen LogP) is 2.84. The number of hydrogen-bond donors (Lipinski definition) is 0. The summed E-state index contributed by atoms with van der Waals surface area (Å²) in [5, 5.41) is 0. The van der Waals surface area contributed by atoms with Crippen LogP contribution in [0.4, 0.5) is 4.79 Å². The maximum atomic E-state index is 12.4. The van der Waals surface area contributed by atoms with Gasteiger partial charge in [0.05, 0.1) is 0 Å². The first-order chi connectivity index (χ1) is 13.4. The zero-order valence-corrected chi connectivity index (χ0v) is 17.0. The van der Waals surface area contributed by atoms with Crippen LogP contribution in [0.2, 0.25) is 0 Å². The molecule has 2 saturated heterocycles. The van der Waals surface area contributed by atoms with Gasteiger partial charge >= 0.3 is 6.03 Å². The van der Waals surface area contributed by atoms with E-state index in [0.717, 1.165) is 32.4 Å². The molecule has 2 aliphatic heterocycles. The van der Waals surface area contributed by atoms with E-state index in [1.165, 1.54) is 27.3 Å². The molecular weight excluding hydrogens is 354 g/mol. The largest absolute Gasteiger partial charge is 0.343 e.